The summed E-state index contributed by atoms with van der Waals surface area (Å²) in [5, 5.41) is 4.50. The summed E-state index contributed by atoms with van der Waals surface area (Å²) in [6.45, 7) is 4.07. The van der Waals surface area contributed by atoms with Crippen molar-refractivity contribution < 1.29 is 4.79 Å². The van der Waals surface area contributed by atoms with Crippen molar-refractivity contribution in [3.8, 4) is 0 Å². The number of nitrogens with zero attached hydrogens (tertiary/aromatic N) is 3. The van der Waals surface area contributed by atoms with Crippen molar-refractivity contribution in [1.82, 2.24) is 14.7 Å². The third kappa shape index (κ3) is 3.65. The fourth-order valence-electron chi connectivity index (χ4n) is 3.43. The highest BCUT2D eigenvalue weighted by molar-refractivity contribution is 5.79. The summed E-state index contributed by atoms with van der Waals surface area (Å²) in [6, 6.07) is 11.6. The van der Waals surface area contributed by atoms with Gasteiger partial charge >= 0.3 is 0 Å². The molecule has 1 aromatic heterocycles. The smallest absolute Gasteiger partial charge is 0.266 e. The van der Waals surface area contributed by atoms with Crippen LogP contribution in [0.2, 0.25) is 0 Å². The molecule has 0 N–H and O–H groups in total. The molecule has 2 heterocycles. The highest BCUT2D eigenvalue weighted by Gasteiger charge is 2.31. The third-order valence-electron chi connectivity index (χ3n) is 5.06. The fraction of sp³-hybridized carbons (Fsp3) is 0.450. The van der Waals surface area contributed by atoms with E-state index in [1.807, 2.05) is 36.1 Å². The lowest BCUT2D eigenvalue weighted by Gasteiger charge is -2.39. The Hall–Kier alpha value is -2.43. The Bertz CT molecular complexity index is 848. The van der Waals surface area contributed by atoms with Gasteiger partial charge in [0.25, 0.3) is 5.56 Å². The molecule has 2 fully saturated rings. The van der Waals surface area contributed by atoms with E-state index < -0.39 is 0 Å². The second kappa shape index (κ2) is 6.47. The minimum atomic E-state index is -0.0473. The van der Waals surface area contributed by atoms with Crippen LogP contribution >= 0.6 is 0 Å². The molecule has 1 saturated carbocycles. The molecule has 1 saturated heterocycles. The molecule has 0 radical (unpaired) electrons. The summed E-state index contributed by atoms with van der Waals surface area (Å²) in [6.07, 6.45) is 2.80. The van der Waals surface area contributed by atoms with Crippen LogP contribution in [0.5, 0.6) is 0 Å². The second-order valence-electron chi connectivity index (χ2n) is 7.38. The Morgan fingerprint density at radius 1 is 1.20 bits per heavy atom. The van der Waals surface area contributed by atoms with E-state index in [0.29, 0.717) is 37.9 Å². The van der Waals surface area contributed by atoms with Crippen LogP contribution in [-0.4, -0.2) is 33.7 Å². The normalized spacial score (nSPS) is 17.4. The summed E-state index contributed by atoms with van der Waals surface area (Å²) in [4.78, 5) is 26.2. The van der Waals surface area contributed by atoms with Crippen molar-refractivity contribution in [3.05, 3.63) is 63.6 Å². The van der Waals surface area contributed by atoms with Gasteiger partial charge in [-0.05, 0) is 31.4 Å². The summed E-state index contributed by atoms with van der Waals surface area (Å²) >= 11 is 0. The van der Waals surface area contributed by atoms with Gasteiger partial charge in [0.1, 0.15) is 0 Å². The van der Waals surface area contributed by atoms with Crippen molar-refractivity contribution in [2.45, 2.75) is 38.6 Å². The summed E-state index contributed by atoms with van der Waals surface area (Å²) < 4.78 is 1.58. The average Bonchev–Trinajstić information content (AvgIpc) is 3.36. The first-order chi connectivity index (χ1) is 12.1. The number of carbonyl (C=O) groups excluding carboxylic acids is 1. The molecular weight excluding hydrogens is 314 g/mol. The molecule has 5 heteroatoms. The lowest BCUT2D eigenvalue weighted by molar-refractivity contribution is -0.137. The minimum absolute atomic E-state index is 0.0473. The van der Waals surface area contributed by atoms with Gasteiger partial charge in [0.2, 0.25) is 5.91 Å². The largest absolute Gasteiger partial charge is 0.342 e. The lowest BCUT2D eigenvalue weighted by Crippen LogP contribution is -2.52. The van der Waals surface area contributed by atoms with Gasteiger partial charge in [0, 0.05) is 31.0 Å². The topological polar surface area (TPSA) is 55.2 Å². The van der Waals surface area contributed by atoms with Gasteiger partial charge < -0.3 is 4.90 Å². The van der Waals surface area contributed by atoms with Gasteiger partial charge in [-0.3, -0.25) is 9.59 Å². The van der Waals surface area contributed by atoms with Crippen LogP contribution in [0.15, 0.2) is 41.2 Å². The van der Waals surface area contributed by atoms with E-state index in [1.165, 1.54) is 18.4 Å². The van der Waals surface area contributed by atoms with Gasteiger partial charge in [-0.2, -0.15) is 5.10 Å². The van der Waals surface area contributed by atoms with Gasteiger partial charge in [-0.1, -0.05) is 29.8 Å². The zero-order valence-corrected chi connectivity index (χ0v) is 14.5. The number of aryl methyl sites for hydroxylation is 1. The van der Waals surface area contributed by atoms with Crippen LogP contribution in [0.4, 0.5) is 0 Å². The van der Waals surface area contributed by atoms with Crippen molar-refractivity contribution in [3.63, 3.8) is 0 Å². The van der Waals surface area contributed by atoms with E-state index in [4.69, 9.17) is 0 Å². The summed E-state index contributed by atoms with van der Waals surface area (Å²) in [7, 11) is 0. The first-order valence-corrected chi connectivity index (χ1v) is 9.00. The molecule has 1 aliphatic carbocycles. The Kier molecular flexibility index (Phi) is 4.15. The molecule has 2 aliphatic rings. The van der Waals surface area contributed by atoms with Crippen LogP contribution < -0.4 is 5.56 Å². The quantitative estimate of drug-likeness (QED) is 0.840. The highest BCUT2D eigenvalue weighted by atomic mass is 16.2. The van der Waals surface area contributed by atoms with Crippen molar-refractivity contribution in [2.24, 2.45) is 5.92 Å². The van der Waals surface area contributed by atoms with Crippen LogP contribution in [0.25, 0.3) is 0 Å². The van der Waals surface area contributed by atoms with Crippen molar-refractivity contribution in [2.75, 3.05) is 13.1 Å². The number of hydrogen-bond acceptors (Lipinski definition) is 3. The van der Waals surface area contributed by atoms with Crippen LogP contribution in [0.3, 0.4) is 0 Å². The number of carbonyl (C=O) groups is 1. The van der Waals surface area contributed by atoms with Gasteiger partial charge in [0.15, 0.2) is 0 Å². The molecule has 0 atom stereocenters. The van der Waals surface area contributed by atoms with Crippen molar-refractivity contribution >= 4 is 5.91 Å². The molecule has 5 nitrogen and oxygen atoms in total. The maximum Gasteiger partial charge on any atom is 0.266 e. The molecule has 1 aliphatic heterocycles. The van der Waals surface area contributed by atoms with E-state index >= 15 is 0 Å². The molecule has 4 rings (SSSR count). The van der Waals surface area contributed by atoms with E-state index in [1.54, 1.807) is 10.7 Å². The molecule has 25 heavy (non-hydrogen) atoms. The van der Waals surface area contributed by atoms with E-state index in [0.717, 1.165) is 11.3 Å². The van der Waals surface area contributed by atoms with Crippen LogP contribution in [0.1, 0.15) is 35.6 Å². The van der Waals surface area contributed by atoms with Gasteiger partial charge in [0.05, 0.1) is 18.7 Å². The number of aromatic nitrogens is 2. The molecule has 0 unspecified atom stereocenters. The zero-order valence-electron chi connectivity index (χ0n) is 14.5. The predicted octanol–water partition coefficient (Wildman–Crippen LogP) is 2.13. The fourth-order valence-corrected chi connectivity index (χ4v) is 3.43. The maximum atomic E-state index is 12.4. The Labute approximate surface area is 147 Å². The first-order valence-electron chi connectivity index (χ1n) is 9.00. The number of likely N-dealkylation sites (tertiary alicyclic amines) is 1. The highest BCUT2D eigenvalue weighted by Crippen LogP contribution is 2.38. The van der Waals surface area contributed by atoms with E-state index in [2.05, 4.69) is 11.2 Å². The van der Waals surface area contributed by atoms with Crippen molar-refractivity contribution in [1.29, 1.82) is 0 Å². The zero-order chi connectivity index (χ0) is 17.4. The number of hydrogen-bond donors (Lipinski definition) is 0. The number of amides is 1. The molecule has 130 valence electrons. The second-order valence-corrected chi connectivity index (χ2v) is 7.38. The summed E-state index contributed by atoms with van der Waals surface area (Å²) in [5.74, 6) is 1.02. The molecule has 0 bridgehead atoms. The predicted molar refractivity (Wildman–Crippen MR) is 95.4 cm³/mol. The Morgan fingerprint density at radius 2 is 2.00 bits per heavy atom. The molecular formula is C20H23N3O2. The van der Waals surface area contributed by atoms with Gasteiger partial charge in [-0.15, -0.1) is 0 Å². The van der Waals surface area contributed by atoms with Crippen LogP contribution in [0, 0.1) is 12.8 Å². The monoisotopic (exact) mass is 337 g/mol. The molecule has 2 aromatic rings. The van der Waals surface area contributed by atoms with Gasteiger partial charge in [-0.25, -0.2) is 4.68 Å². The van der Waals surface area contributed by atoms with E-state index in [-0.39, 0.29) is 11.5 Å². The molecule has 1 amide bonds. The molecule has 1 aromatic carbocycles. The standard InChI is InChI=1S/C20H23N3O2/c1-14-3-2-4-15(9-14)10-20(25)22-11-16(12-22)13-23-19(24)8-7-18(21-23)17-5-6-17/h2-4,7-9,16-17H,5-6,10-13H2,1H3. The Balaban J connectivity index is 1.32. The first kappa shape index (κ1) is 16.1. The summed E-state index contributed by atoms with van der Waals surface area (Å²) in [5.41, 5.74) is 3.22. The molecule has 0 spiro atoms. The lowest BCUT2D eigenvalue weighted by atomic mass is 9.98. The maximum absolute atomic E-state index is 12.4. The Morgan fingerprint density at radius 3 is 2.72 bits per heavy atom. The number of benzene rings is 1. The third-order valence-corrected chi connectivity index (χ3v) is 5.06. The van der Waals surface area contributed by atoms with E-state index in [9.17, 15) is 9.59 Å². The number of rotatable bonds is 5. The SMILES string of the molecule is Cc1cccc(CC(=O)N2CC(Cn3nc(C4CC4)ccc3=O)C2)c1. The van der Waals surface area contributed by atoms with Crippen LogP contribution in [-0.2, 0) is 17.8 Å². The average molecular weight is 337 g/mol. The minimum Gasteiger partial charge on any atom is -0.342 e.